The van der Waals surface area contributed by atoms with Crippen LogP contribution in [-0.2, 0) is 9.31 Å². The number of fused-ring (bicyclic) bond motifs is 2. The molecule has 1 aromatic carbocycles. The molecule has 4 rings (SSSR count). The Kier molecular flexibility index (Phi) is 3.35. The highest BCUT2D eigenvalue weighted by Gasteiger charge is 2.51. The number of nitrogens with zero attached hydrogens (tertiary/aromatic N) is 2. The van der Waals surface area contributed by atoms with Crippen LogP contribution in [0.25, 0.3) is 0 Å². The van der Waals surface area contributed by atoms with Crippen LogP contribution in [0, 0.1) is 0 Å². The van der Waals surface area contributed by atoms with Gasteiger partial charge < -0.3 is 14.2 Å². The van der Waals surface area contributed by atoms with Crippen molar-refractivity contribution in [3.8, 4) is 0 Å². The van der Waals surface area contributed by atoms with Crippen LogP contribution in [0.15, 0.2) is 24.3 Å². The van der Waals surface area contributed by atoms with Crippen molar-refractivity contribution < 1.29 is 9.31 Å². The number of hydrogen-bond donors (Lipinski definition) is 0. The Morgan fingerprint density at radius 2 is 1.57 bits per heavy atom. The fourth-order valence-corrected chi connectivity index (χ4v) is 3.98. The Hall–Kier alpha value is -1.04. The number of hydrogen-bond acceptors (Lipinski definition) is 4. The lowest BCUT2D eigenvalue weighted by Crippen LogP contribution is -2.44. The monoisotopic (exact) mass is 314 g/mol. The quantitative estimate of drug-likeness (QED) is 0.778. The van der Waals surface area contributed by atoms with Crippen LogP contribution in [0.1, 0.15) is 34.1 Å². The van der Waals surface area contributed by atoms with Gasteiger partial charge in [0.05, 0.1) is 11.2 Å². The molecule has 23 heavy (non-hydrogen) atoms. The van der Waals surface area contributed by atoms with Gasteiger partial charge in [0.15, 0.2) is 0 Å². The fourth-order valence-electron chi connectivity index (χ4n) is 3.98. The maximum absolute atomic E-state index is 6.14. The number of benzene rings is 1. The van der Waals surface area contributed by atoms with Gasteiger partial charge in [-0.15, -0.1) is 0 Å². The zero-order chi connectivity index (χ0) is 16.4. The largest absolute Gasteiger partial charge is 0.494 e. The third-order valence-electron chi connectivity index (χ3n) is 6.26. The highest BCUT2D eigenvalue weighted by atomic mass is 16.7. The Labute approximate surface area is 139 Å². The maximum atomic E-state index is 6.14. The molecule has 1 aromatic rings. The molecule has 3 aliphatic rings. The summed E-state index contributed by atoms with van der Waals surface area (Å²) in [5.74, 6) is 0. The molecular formula is C18H27BN2O2. The summed E-state index contributed by atoms with van der Waals surface area (Å²) in [6.07, 6.45) is 1.30. The Morgan fingerprint density at radius 1 is 0.957 bits per heavy atom. The maximum Gasteiger partial charge on any atom is 0.494 e. The van der Waals surface area contributed by atoms with Crippen LogP contribution in [0.5, 0.6) is 0 Å². The lowest BCUT2D eigenvalue weighted by Gasteiger charge is -2.33. The minimum Gasteiger partial charge on any atom is -0.399 e. The van der Waals surface area contributed by atoms with Crippen molar-refractivity contribution in [1.29, 1.82) is 0 Å². The van der Waals surface area contributed by atoms with Crippen LogP contribution in [0.4, 0.5) is 5.69 Å². The molecule has 0 saturated carbocycles. The van der Waals surface area contributed by atoms with Gasteiger partial charge in [0.2, 0.25) is 0 Å². The van der Waals surface area contributed by atoms with E-state index >= 15 is 0 Å². The third kappa shape index (κ3) is 2.41. The van der Waals surface area contributed by atoms with E-state index in [4.69, 9.17) is 9.31 Å². The minimum absolute atomic E-state index is 0.268. The van der Waals surface area contributed by atoms with Crippen molar-refractivity contribution in [2.45, 2.75) is 57.4 Å². The van der Waals surface area contributed by atoms with Crippen molar-refractivity contribution in [1.82, 2.24) is 4.90 Å². The first-order valence-corrected chi connectivity index (χ1v) is 8.69. The van der Waals surface area contributed by atoms with Crippen molar-refractivity contribution in [3.05, 3.63) is 24.3 Å². The van der Waals surface area contributed by atoms with Crippen molar-refractivity contribution >= 4 is 18.3 Å². The molecule has 124 valence electrons. The number of piperazine rings is 1. The Balaban J connectivity index is 1.50. The number of likely N-dealkylation sites (tertiary alicyclic amines) is 1. The van der Waals surface area contributed by atoms with Gasteiger partial charge in [-0.25, -0.2) is 0 Å². The van der Waals surface area contributed by atoms with Crippen LogP contribution >= 0.6 is 0 Å². The van der Waals surface area contributed by atoms with E-state index in [0.717, 1.165) is 18.0 Å². The predicted molar refractivity (Wildman–Crippen MR) is 94.3 cm³/mol. The summed E-state index contributed by atoms with van der Waals surface area (Å²) in [6.45, 7) is 10.7. The van der Waals surface area contributed by atoms with Gasteiger partial charge in [0, 0.05) is 30.9 Å². The molecule has 5 heteroatoms. The summed E-state index contributed by atoms with van der Waals surface area (Å²) >= 11 is 0. The fraction of sp³-hybridized carbons (Fsp3) is 0.667. The van der Waals surface area contributed by atoms with Gasteiger partial charge in [-0.3, -0.25) is 4.90 Å². The van der Waals surface area contributed by atoms with E-state index < -0.39 is 0 Å². The molecule has 2 bridgehead atoms. The molecular weight excluding hydrogens is 287 g/mol. The summed E-state index contributed by atoms with van der Waals surface area (Å²) in [4.78, 5) is 5.04. The first kappa shape index (κ1) is 15.5. The van der Waals surface area contributed by atoms with E-state index in [1.165, 1.54) is 18.7 Å². The Morgan fingerprint density at radius 3 is 2.04 bits per heavy atom. The Bertz CT molecular complexity index is 584. The first-order chi connectivity index (χ1) is 10.8. The molecule has 0 aliphatic carbocycles. The average molecular weight is 314 g/mol. The second kappa shape index (κ2) is 4.98. The highest BCUT2D eigenvalue weighted by molar-refractivity contribution is 6.62. The number of likely N-dealkylation sites (N-methyl/N-ethyl adjacent to an activating group) is 1. The third-order valence-corrected chi connectivity index (χ3v) is 6.26. The number of anilines is 1. The molecule has 0 unspecified atom stereocenters. The molecule has 0 radical (unpaired) electrons. The SMILES string of the molecule is CN1C[C@@H]2C[C@H]1CN2c1ccc(B2OC(C)(C)C(C)(C)O2)cc1. The normalized spacial score (nSPS) is 32.0. The predicted octanol–water partition coefficient (Wildman–Crippen LogP) is 1.88. The van der Waals surface area contributed by atoms with Crippen molar-refractivity contribution in [3.63, 3.8) is 0 Å². The molecule has 0 amide bonds. The van der Waals surface area contributed by atoms with E-state index in [9.17, 15) is 0 Å². The second-order valence-electron chi connectivity index (χ2n) is 8.32. The zero-order valence-electron chi connectivity index (χ0n) is 14.9. The molecule has 0 aromatic heterocycles. The zero-order valence-corrected chi connectivity index (χ0v) is 14.9. The topological polar surface area (TPSA) is 24.9 Å². The van der Waals surface area contributed by atoms with E-state index in [1.807, 2.05) is 0 Å². The highest BCUT2D eigenvalue weighted by Crippen LogP contribution is 2.37. The van der Waals surface area contributed by atoms with Gasteiger partial charge in [0.1, 0.15) is 0 Å². The second-order valence-corrected chi connectivity index (χ2v) is 8.32. The van der Waals surface area contributed by atoms with Crippen LogP contribution in [0.2, 0.25) is 0 Å². The van der Waals surface area contributed by atoms with Gasteiger partial charge in [-0.2, -0.15) is 0 Å². The van der Waals surface area contributed by atoms with E-state index in [0.29, 0.717) is 6.04 Å². The molecule has 3 heterocycles. The molecule has 3 fully saturated rings. The van der Waals surface area contributed by atoms with E-state index in [-0.39, 0.29) is 18.3 Å². The summed E-state index contributed by atoms with van der Waals surface area (Å²) < 4.78 is 12.3. The lowest BCUT2D eigenvalue weighted by molar-refractivity contribution is 0.00578. The van der Waals surface area contributed by atoms with Gasteiger partial charge in [0.25, 0.3) is 0 Å². The molecule has 2 atom stereocenters. The summed E-state index contributed by atoms with van der Waals surface area (Å²) in [5.41, 5.74) is 1.86. The van der Waals surface area contributed by atoms with Crippen molar-refractivity contribution in [2.24, 2.45) is 0 Å². The first-order valence-electron chi connectivity index (χ1n) is 8.69. The van der Waals surface area contributed by atoms with Crippen LogP contribution in [0.3, 0.4) is 0 Å². The molecule has 4 nitrogen and oxygen atoms in total. The summed E-state index contributed by atoms with van der Waals surface area (Å²) in [6, 6.07) is 10.2. The minimum atomic E-state index is -0.283. The van der Waals surface area contributed by atoms with Gasteiger partial charge in [-0.05, 0) is 58.8 Å². The molecule has 3 aliphatic heterocycles. The average Bonchev–Trinajstić information content (AvgIpc) is 3.10. The van der Waals surface area contributed by atoms with E-state index in [1.54, 1.807) is 0 Å². The smallest absolute Gasteiger partial charge is 0.399 e. The molecule has 0 N–H and O–H groups in total. The van der Waals surface area contributed by atoms with Gasteiger partial charge in [-0.1, -0.05) is 12.1 Å². The molecule has 3 saturated heterocycles. The summed E-state index contributed by atoms with van der Waals surface area (Å²) in [5, 5.41) is 0. The molecule has 0 spiro atoms. The lowest BCUT2D eigenvalue weighted by atomic mass is 9.79. The van der Waals surface area contributed by atoms with Gasteiger partial charge >= 0.3 is 7.12 Å². The number of rotatable bonds is 2. The van der Waals surface area contributed by atoms with E-state index in [2.05, 4.69) is 68.8 Å². The van der Waals surface area contributed by atoms with Crippen molar-refractivity contribution in [2.75, 3.05) is 25.0 Å². The standard InChI is InChI=1S/C18H27BN2O2/c1-17(2)18(3,4)23-19(22-17)13-6-8-14(9-7-13)21-12-15-10-16(21)11-20(15)5/h6-9,15-16H,10-12H2,1-5H3/t15-,16-/m0/s1. The van der Waals surface area contributed by atoms with Crippen LogP contribution in [-0.4, -0.2) is 55.4 Å². The van der Waals surface area contributed by atoms with Crippen LogP contribution < -0.4 is 10.4 Å². The summed E-state index contributed by atoms with van der Waals surface area (Å²) in [7, 11) is 1.97.